The van der Waals surface area contributed by atoms with Crippen molar-refractivity contribution in [2.45, 2.75) is 13.0 Å². The van der Waals surface area contributed by atoms with Gasteiger partial charge in [-0.3, -0.25) is 5.10 Å². The lowest BCUT2D eigenvalue weighted by Gasteiger charge is -2.10. The molecule has 0 saturated heterocycles. The normalized spacial score (nSPS) is 12.7. The Morgan fingerprint density at radius 3 is 3.00 bits per heavy atom. The van der Waals surface area contributed by atoms with Gasteiger partial charge in [-0.15, -0.1) is 15.3 Å². The second-order valence-electron chi connectivity index (χ2n) is 3.08. The molecule has 8 heteroatoms. The van der Waals surface area contributed by atoms with E-state index in [1.54, 1.807) is 6.33 Å². The van der Waals surface area contributed by atoms with Crippen molar-refractivity contribution in [3.05, 3.63) is 16.1 Å². The molecule has 0 spiro atoms. The van der Waals surface area contributed by atoms with E-state index in [4.69, 9.17) is 12.2 Å². The Morgan fingerprint density at radius 1 is 1.67 bits per heavy atom. The number of H-pyrrole nitrogens is 1. The lowest BCUT2D eigenvalue weighted by Crippen LogP contribution is -2.11. The van der Waals surface area contributed by atoms with E-state index < -0.39 is 0 Å². The third-order valence-electron chi connectivity index (χ3n) is 1.91. The minimum atomic E-state index is 0.0476. The van der Waals surface area contributed by atoms with Gasteiger partial charge >= 0.3 is 0 Å². The molecule has 2 aromatic rings. The van der Waals surface area contributed by atoms with Gasteiger partial charge in [-0.2, -0.15) is 0 Å². The van der Waals surface area contributed by atoms with E-state index in [-0.39, 0.29) is 6.04 Å². The van der Waals surface area contributed by atoms with Crippen LogP contribution in [0.4, 0.5) is 5.13 Å². The number of hydrogen-bond donors (Lipinski definition) is 2. The predicted molar refractivity (Wildman–Crippen MR) is 60.3 cm³/mol. The van der Waals surface area contributed by atoms with Gasteiger partial charge in [0.05, 0.1) is 6.04 Å². The van der Waals surface area contributed by atoms with Crippen LogP contribution in [0.25, 0.3) is 0 Å². The maximum absolute atomic E-state index is 4.94. The van der Waals surface area contributed by atoms with E-state index in [9.17, 15) is 0 Å². The summed E-state index contributed by atoms with van der Waals surface area (Å²) in [6.07, 6.45) is 1.67. The zero-order valence-corrected chi connectivity index (χ0v) is 9.89. The number of nitrogens with zero attached hydrogens (tertiary/aromatic N) is 4. The van der Waals surface area contributed by atoms with E-state index in [1.807, 2.05) is 18.5 Å². The van der Waals surface area contributed by atoms with Crippen molar-refractivity contribution in [3.8, 4) is 0 Å². The number of anilines is 1. The molecule has 0 aliphatic heterocycles. The van der Waals surface area contributed by atoms with Crippen molar-refractivity contribution in [2.75, 3.05) is 5.32 Å². The molecule has 0 saturated carbocycles. The minimum Gasteiger partial charge on any atom is -0.350 e. The largest absolute Gasteiger partial charge is 0.350 e. The summed E-state index contributed by atoms with van der Waals surface area (Å²) in [4.78, 5) is 0. The maximum Gasteiger partial charge on any atom is 0.204 e. The van der Waals surface area contributed by atoms with Gasteiger partial charge in [0.15, 0.2) is 9.78 Å². The van der Waals surface area contributed by atoms with Crippen molar-refractivity contribution in [1.82, 2.24) is 25.0 Å². The standard InChI is InChI=1S/C7H10N6S2/c1-4(5-10-8-3-13(5)2)9-6-11-12-7(14)15-6/h3-4H,1-2H3,(H,9,11)(H,12,14). The quantitative estimate of drug-likeness (QED) is 0.798. The summed E-state index contributed by atoms with van der Waals surface area (Å²) < 4.78 is 2.52. The molecule has 0 aliphatic carbocycles. The average Bonchev–Trinajstić information content (AvgIpc) is 2.75. The first kappa shape index (κ1) is 10.2. The highest BCUT2D eigenvalue weighted by molar-refractivity contribution is 7.73. The fourth-order valence-electron chi connectivity index (χ4n) is 1.23. The number of nitrogens with one attached hydrogen (secondary N) is 2. The Hall–Kier alpha value is -1.28. The number of aromatic amines is 1. The zero-order valence-electron chi connectivity index (χ0n) is 8.26. The van der Waals surface area contributed by atoms with Crippen LogP contribution in [-0.4, -0.2) is 25.0 Å². The average molecular weight is 242 g/mol. The third-order valence-corrected chi connectivity index (χ3v) is 2.93. The van der Waals surface area contributed by atoms with Gasteiger partial charge in [-0.1, -0.05) is 11.3 Å². The van der Waals surface area contributed by atoms with Gasteiger partial charge in [0.1, 0.15) is 6.33 Å². The summed E-state index contributed by atoms with van der Waals surface area (Å²) in [5.41, 5.74) is 0. The minimum absolute atomic E-state index is 0.0476. The van der Waals surface area contributed by atoms with Crippen molar-refractivity contribution < 1.29 is 0 Å². The topological polar surface area (TPSA) is 71.4 Å². The molecule has 1 unspecified atom stereocenters. The number of aromatic nitrogens is 5. The molecule has 0 fully saturated rings. The molecule has 2 aromatic heterocycles. The molecule has 0 radical (unpaired) electrons. The van der Waals surface area contributed by atoms with Crippen molar-refractivity contribution in [1.29, 1.82) is 0 Å². The SMILES string of the molecule is CC(Nc1n[nH]c(=S)s1)c1nncn1C. The molecule has 2 rings (SSSR count). The number of rotatable bonds is 3. The molecule has 80 valence electrons. The van der Waals surface area contributed by atoms with Crippen LogP contribution in [0, 0.1) is 3.95 Å². The Balaban J connectivity index is 2.13. The Kier molecular flexibility index (Phi) is 2.78. The summed E-state index contributed by atoms with van der Waals surface area (Å²) in [7, 11) is 1.90. The summed E-state index contributed by atoms with van der Waals surface area (Å²) in [6, 6.07) is 0.0476. The van der Waals surface area contributed by atoms with Crippen molar-refractivity contribution in [3.63, 3.8) is 0 Å². The highest BCUT2D eigenvalue weighted by Gasteiger charge is 2.12. The Morgan fingerprint density at radius 2 is 2.47 bits per heavy atom. The van der Waals surface area contributed by atoms with Crippen LogP contribution in [0.3, 0.4) is 0 Å². The van der Waals surface area contributed by atoms with E-state index in [2.05, 4.69) is 25.7 Å². The molecule has 0 aromatic carbocycles. The molecule has 15 heavy (non-hydrogen) atoms. The van der Waals surface area contributed by atoms with Crippen molar-refractivity contribution >= 4 is 28.7 Å². The molecule has 6 nitrogen and oxygen atoms in total. The second-order valence-corrected chi connectivity index (χ2v) is 4.75. The molecule has 2 N–H and O–H groups in total. The van der Waals surface area contributed by atoms with Gasteiger partial charge < -0.3 is 9.88 Å². The predicted octanol–water partition coefficient (Wildman–Crippen LogP) is 1.50. The molecule has 1 atom stereocenters. The molecule has 2 heterocycles. The van der Waals surface area contributed by atoms with E-state index in [0.29, 0.717) is 3.95 Å². The highest BCUT2D eigenvalue weighted by atomic mass is 32.1. The second kappa shape index (κ2) is 4.07. The lowest BCUT2D eigenvalue weighted by atomic mass is 10.3. The fraction of sp³-hybridized carbons (Fsp3) is 0.429. The van der Waals surface area contributed by atoms with E-state index in [1.165, 1.54) is 11.3 Å². The van der Waals surface area contributed by atoms with Crippen LogP contribution in [0.1, 0.15) is 18.8 Å². The van der Waals surface area contributed by atoms with E-state index >= 15 is 0 Å². The van der Waals surface area contributed by atoms with Crippen LogP contribution < -0.4 is 5.32 Å². The van der Waals surface area contributed by atoms with Gasteiger partial charge in [0.25, 0.3) is 0 Å². The molecule has 0 amide bonds. The number of aryl methyl sites for hydroxylation is 1. The van der Waals surface area contributed by atoms with E-state index in [0.717, 1.165) is 11.0 Å². The third kappa shape index (κ3) is 2.21. The van der Waals surface area contributed by atoms with Gasteiger partial charge in [0, 0.05) is 7.05 Å². The Labute approximate surface area is 95.4 Å². The summed E-state index contributed by atoms with van der Waals surface area (Å²) in [5, 5.41) is 18.5. The van der Waals surface area contributed by atoms with Crippen LogP contribution in [-0.2, 0) is 7.05 Å². The van der Waals surface area contributed by atoms with Gasteiger partial charge in [-0.05, 0) is 19.1 Å². The fourth-order valence-corrected chi connectivity index (χ4v) is 2.10. The summed E-state index contributed by atoms with van der Waals surface area (Å²) >= 11 is 6.34. The Bertz CT molecular complexity index is 497. The first-order valence-corrected chi connectivity index (χ1v) is 5.55. The molecular formula is C7H10N6S2. The van der Waals surface area contributed by atoms with Crippen LogP contribution in [0.15, 0.2) is 6.33 Å². The zero-order chi connectivity index (χ0) is 10.8. The highest BCUT2D eigenvalue weighted by Crippen LogP contribution is 2.18. The first-order valence-electron chi connectivity index (χ1n) is 4.33. The first-order chi connectivity index (χ1) is 7.16. The van der Waals surface area contributed by atoms with Crippen LogP contribution in [0.2, 0.25) is 0 Å². The smallest absolute Gasteiger partial charge is 0.204 e. The molecule has 0 aliphatic rings. The van der Waals surface area contributed by atoms with Crippen LogP contribution in [0.5, 0.6) is 0 Å². The molecular weight excluding hydrogens is 232 g/mol. The van der Waals surface area contributed by atoms with Crippen LogP contribution >= 0.6 is 23.6 Å². The van der Waals surface area contributed by atoms with Crippen molar-refractivity contribution in [2.24, 2.45) is 7.05 Å². The molecule has 0 bridgehead atoms. The van der Waals surface area contributed by atoms with Gasteiger partial charge in [0.2, 0.25) is 5.13 Å². The lowest BCUT2D eigenvalue weighted by molar-refractivity contribution is 0.717. The van der Waals surface area contributed by atoms with Gasteiger partial charge in [-0.25, -0.2) is 0 Å². The summed E-state index contributed by atoms with van der Waals surface area (Å²) in [6.45, 7) is 1.99. The monoisotopic (exact) mass is 242 g/mol. The summed E-state index contributed by atoms with van der Waals surface area (Å²) in [5.74, 6) is 0.858. The maximum atomic E-state index is 4.94. The number of hydrogen-bond acceptors (Lipinski definition) is 6.